The highest BCUT2D eigenvalue weighted by Gasteiger charge is 2.28. The highest BCUT2D eigenvalue weighted by atomic mass is 32.2. The molecule has 332 valence electrons. The van der Waals surface area contributed by atoms with E-state index in [-0.39, 0.29) is 49.0 Å². The van der Waals surface area contributed by atoms with Crippen LogP contribution in [0.3, 0.4) is 0 Å². The number of fused-ring (bicyclic) bond motifs is 1. The summed E-state index contributed by atoms with van der Waals surface area (Å²) in [5.74, 6) is -6.15. The first kappa shape index (κ1) is 49.2. The molecular weight excluding hydrogens is 821 g/mol. The summed E-state index contributed by atoms with van der Waals surface area (Å²) in [7, 11) is -2.94. The molecule has 0 saturated heterocycles. The summed E-state index contributed by atoms with van der Waals surface area (Å²) < 4.78 is 37.4. The fourth-order valence-electron chi connectivity index (χ4n) is 6.01. The highest BCUT2D eigenvalue weighted by molar-refractivity contribution is 7.85. The third-order valence-corrected chi connectivity index (χ3v) is 9.50. The molecule has 3 aromatic rings. The zero-order valence-corrected chi connectivity index (χ0v) is 34.9. The lowest BCUT2D eigenvalue weighted by Crippen LogP contribution is -2.55. The van der Waals surface area contributed by atoms with Crippen LogP contribution in [0.5, 0.6) is 5.75 Å². The van der Waals surface area contributed by atoms with Gasteiger partial charge in [-0.25, -0.2) is 4.89 Å². The van der Waals surface area contributed by atoms with Crippen molar-refractivity contribution in [2.24, 2.45) is 0 Å². The van der Waals surface area contributed by atoms with Crippen LogP contribution in [0.25, 0.3) is 10.8 Å². The summed E-state index contributed by atoms with van der Waals surface area (Å²) in [5.41, 5.74) is 0.207. The minimum Gasteiger partial charge on any atom is -0.496 e. The SMILES string of the molecule is COc1ccc2ccccc2c1C(=O)NC(Cc1ccc(CS(=O)(=O)O)cc1)C(=O)NCC(=O)NC(CCOO)C(=O)NCC(=O)NC(CCCC(=O)O)C(=O)NC(C)(C)C. The van der Waals surface area contributed by atoms with E-state index >= 15 is 0 Å². The molecule has 9 N–H and O–H groups in total. The third kappa shape index (κ3) is 17.2. The number of hydrogen-bond acceptors (Lipinski definition) is 12. The normalized spacial score (nSPS) is 12.9. The lowest BCUT2D eigenvalue weighted by molar-refractivity contribution is -0.243. The van der Waals surface area contributed by atoms with Crippen molar-refractivity contribution < 1.29 is 66.5 Å². The fraction of sp³-hybridized carbons (Fsp3) is 0.425. The molecule has 61 heavy (non-hydrogen) atoms. The number of hydrogen-bond donors (Lipinski definition) is 9. The largest absolute Gasteiger partial charge is 0.496 e. The Hall–Kier alpha value is -6.16. The van der Waals surface area contributed by atoms with Crippen LogP contribution >= 0.6 is 0 Å². The Bertz CT molecular complexity index is 2160. The Kier molecular flexibility index (Phi) is 18.6. The van der Waals surface area contributed by atoms with E-state index in [1.165, 1.54) is 31.4 Å². The molecule has 3 rings (SSSR count). The summed E-state index contributed by atoms with van der Waals surface area (Å²) in [4.78, 5) is 94.5. The second kappa shape index (κ2) is 23.0. The molecule has 0 fully saturated rings. The van der Waals surface area contributed by atoms with E-state index in [1.807, 2.05) is 0 Å². The Morgan fingerprint density at radius 3 is 1.87 bits per heavy atom. The Morgan fingerprint density at radius 2 is 1.31 bits per heavy atom. The number of rotatable bonds is 23. The smallest absolute Gasteiger partial charge is 0.303 e. The average molecular weight is 873 g/mol. The van der Waals surface area contributed by atoms with Crippen LogP contribution < -0.4 is 36.6 Å². The molecule has 20 nitrogen and oxygen atoms in total. The van der Waals surface area contributed by atoms with Crippen LogP contribution in [0.15, 0.2) is 60.7 Å². The lowest BCUT2D eigenvalue weighted by atomic mass is 10.0. The van der Waals surface area contributed by atoms with Gasteiger partial charge in [-0.15, -0.1) is 0 Å². The quantitative estimate of drug-likeness (QED) is 0.0362. The van der Waals surface area contributed by atoms with Crippen molar-refractivity contribution in [3.63, 3.8) is 0 Å². The molecule has 0 bridgehead atoms. The van der Waals surface area contributed by atoms with Gasteiger partial charge in [0.2, 0.25) is 29.5 Å². The number of carbonyl (C=O) groups is 7. The molecule has 3 unspecified atom stereocenters. The molecule has 0 radical (unpaired) electrons. The number of methoxy groups -OCH3 is 1. The lowest BCUT2D eigenvalue weighted by Gasteiger charge is -2.25. The fourth-order valence-corrected chi connectivity index (χ4v) is 6.62. The number of carbonyl (C=O) groups excluding carboxylic acids is 6. The number of amides is 6. The Morgan fingerprint density at radius 1 is 0.738 bits per heavy atom. The molecule has 0 saturated carbocycles. The maximum atomic E-state index is 13.8. The van der Waals surface area contributed by atoms with Gasteiger partial charge >= 0.3 is 5.97 Å². The van der Waals surface area contributed by atoms with Crippen molar-refractivity contribution in [3.05, 3.63) is 77.4 Å². The van der Waals surface area contributed by atoms with Crippen molar-refractivity contribution in [1.29, 1.82) is 0 Å². The molecule has 0 heterocycles. The Balaban J connectivity index is 1.73. The van der Waals surface area contributed by atoms with Gasteiger partial charge in [0, 0.05) is 24.8 Å². The van der Waals surface area contributed by atoms with E-state index in [1.54, 1.807) is 57.2 Å². The summed E-state index contributed by atoms with van der Waals surface area (Å²) >= 11 is 0. The topological polar surface area (TPSA) is 305 Å². The van der Waals surface area contributed by atoms with Gasteiger partial charge in [-0.1, -0.05) is 54.6 Å². The van der Waals surface area contributed by atoms with E-state index in [4.69, 9.17) is 15.1 Å². The molecule has 21 heteroatoms. The minimum atomic E-state index is -4.32. The first-order valence-electron chi connectivity index (χ1n) is 19.0. The van der Waals surface area contributed by atoms with Gasteiger partial charge in [-0.2, -0.15) is 8.42 Å². The molecule has 0 aromatic heterocycles. The van der Waals surface area contributed by atoms with Crippen LogP contribution in [-0.4, -0.2) is 115 Å². The molecule has 6 amide bonds. The predicted octanol–water partition coefficient (Wildman–Crippen LogP) is 0.829. The van der Waals surface area contributed by atoms with E-state index in [2.05, 4.69) is 36.8 Å². The standard InChI is InChI=1S/C40H52N6O14S/c1-40(2,3)46-38(53)28(10-7-11-34(49)50)43-32(47)21-41-36(51)29(18-19-60-55)44-33(48)22-42-37(52)30(20-24-12-14-25(15-13-24)23-61(56,57)58)45-39(54)35-27-9-6-5-8-26(27)16-17-31(35)59-4/h5-6,8-9,12-17,28-30,55H,7,10-11,18-23H2,1-4H3,(H,41,51)(H,42,52)(H,43,47)(H,44,48)(H,45,54)(H,46,53)(H,49,50)(H,56,57,58). The number of benzene rings is 3. The van der Waals surface area contributed by atoms with E-state index < -0.39 is 101 Å². The third-order valence-electron chi connectivity index (χ3n) is 8.80. The zero-order valence-electron chi connectivity index (χ0n) is 34.1. The number of nitrogens with one attached hydrogen (secondary N) is 6. The summed E-state index contributed by atoms with van der Waals surface area (Å²) in [5, 5.41) is 34.2. The van der Waals surface area contributed by atoms with Crippen molar-refractivity contribution >= 4 is 62.3 Å². The van der Waals surface area contributed by atoms with Crippen molar-refractivity contribution in [2.75, 3.05) is 26.8 Å². The van der Waals surface area contributed by atoms with Gasteiger partial charge in [-0.3, -0.25) is 43.4 Å². The van der Waals surface area contributed by atoms with Crippen LogP contribution in [0, 0.1) is 0 Å². The van der Waals surface area contributed by atoms with E-state index in [0.717, 1.165) is 0 Å². The van der Waals surface area contributed by atoms with Crippen LogP contribution in [0.4, 0.5) is 0 Å². The zero-order chi connectivity index (χ0) is 45.3. The number of ether oxygens (including phenoxy) is 1. The highest BCUT2D eigenvalue weighted by Crippen LogP contribution is 2.28. The van der Waals surface area contributed by atoms with Gasteiger partial charge in [-0.05, 0) is 61.6 Å². The monoisotopic (exact) mass is 872 g/mol. The van der Waals surface area contributed by atoms with E-state index in [0.29, 0.717) is 16.3 Å². The second-order valence-corrected chi connectivity index (χ2v) is 16.4. The molecule has 3 atom stereocenters. The summed E-state index contributed by atoms with van der Waals surface area (Å²) in [6.07, 6.45) is -0.593. The number of aliphatic carboxylic acids is 1. The molecule has 0 spiro atoms. The van der Waals surface area contributed by atoms with Gasteiger partial charge in [0.25, 0.3) is 16.0 Å². The first-order valence-corrected chi connectivity index (χ1v) is 20.6. The van der Waals surface area contributed by atoms with Crippen LogP contribution in [0.2, 0.25) is 0 Å². The minimum absolute atomic E-state index is 0.00261. The first-order chi connectivity index (χ1) is 28.7. The maximum absolute atomic E-state index is 13.8. The van der Waals surface area contributed by atoms with Gasteiger partial charge in [0.05, 0.1) is 32.4 Å². The van der Waals surface area contributed by atoms with Crippen molar-refractivity contribution in [1.82, 2.24) is 31.9 Å². The predicted molar refractivity (Wildman–Crippen MR) is 220 cm³/mol. The maximum Gasteiger partial charge on any atom is 0.303 e. The van der Waals surface area contributed by atoms with Gasteiger partial charge < -0.3 is 41.7 Å². The van der Waals surface area contributed by atoms with E-state index in [9.17, 15) is 46.5 Å². The van der Waals surface area contributed by atoms with Crippen LogP contribution in [-0.2, 0) is 55.9 Å². The molecule has 0 aliphatic rings. The summed E-state index contributed by atoms with van der Waals surface area (Å²) in [6.45, 7) is 3.37. The molecular formula is C40H52N6O14S. The molecule has 0 aliphatic carbocycles. The summed E-state index contributed by atoms with van der Waals surface area (Å²) in [6, 6.07) is 12.4. The molecule has 3 aromatic carbocycles. The van der Waals surface area contributed by atoms with Gasteiger partial charge in [0.1, 0.15) is 29.6 Å². The molecule has 0 aliphatic heterocycles. The van der Waals surface area contributed by atoms with Crippen LogP contribution in [0.1, 0.15) is 67.9 Å². The van der Waals surface area contributed by atoms with Gasteiger partial charge in [0.15, 0.2) is 0 Å². The van der Waals surface area contributed by atoms with Crippen molar-refractivity contribution in [3.8, 4) is 5.75 Å². The second-order valence-electron chi connectivity index (χ2n) is 15.0. The average Bonchev–Trinajstić information content (AvgIpc) is 3.18. The van der Waals surface area contributed by atoms with Crippen molar-refractivity contribution in [2.45, 2.75) is 82.3 Å². The Labute approximate surface area is 352 Å². The number of carboxylic acid groups (broad SMARTS) is 1. The number of carboxylic acids is 1.